The van der Waals surface area contributed by atoms with E-state index in [9.17, 15) is 19.7 Å². The van der Waals surface area contributed by atoms with Crippen LogP contribution >= 0.6 is 0 Å². The zero-order valence-corrected chi connectivity index (χ0v) is 19.6. The Hall–Kier alpha value is -3.94. The molecule has 8 nitrogen and oxygen atoms in total. The first kappa shape index (κ1) is 23.2. The highest BCUT2D eigenvalue weighted by atomic mass is 16.6. The minimum Gasteiger partial charge on any atom is -0.466 e. The number of ketones is 1. The fourth-order valence-electron chi connectivity index (χ4n) is 4.85. The van der Waals surface area contributed by atoms with Crippen molar-refractivity contribution in [3.63, 3.8) is 0 Å². The maximum absolute atomic E-state index is 13.5. The number of hydrogen-bond acceptors (Lipinski definition) is 7. The highest BCUT2D eigenvalue weighted by Gasteiger charge is 2.41. The fourth-order valence-corrected chi connectivity index (χ4v) is 4.85. The molecular weight excluding hydrogens is 434 g/mol. The number of non-ortho nitro benzene ring substituents is 1. The summed E-state index contributed by atoms with van der Waals surface area (Å²) in [5.41, 5.74) is 4.68. The molecule has 0 amide bonds. The van der Waals surface area contributed by atoms with Gasteiger partial charge in [-0.3, -0.25) is 14.9 Å². The number of dihydropyridines is 1. The van der Waals surface area contributed by atoms with Gasteiger partial charge in [0.1, 0.15) is 0 Å². The summed E-state index contributed by atoms with van der Waals surface area (Å²) < 4.78 is 5.02. The number of carbonyl (C=O) groups is 2. The summed E-state index contributed by atoms with van der Waals surface area (Å²) in [5, 5.41) is 14.7. The second-order valence-electron chi connectivity index (χ2n) is 8.85. The molecule has 0 radical (unpaired) electrons. The molecule has 2 aliphatic rings. The number of nitro groups is 1. The van der Waals surface area contributed by atoms with Crippen LogP contribution in [0.15, 0.2) is 71.1 Å². The van der Waals surface area contributed by atoms with Crippen LogP contribution in [0, 0.1) is 10.1 Å². The number of nitro benzene ring substituents is 1. The molecule has 0 spiro atoms. The van der Waals surface area contributed by atoms with Crippen molar-refractivity contribution in [3.8, 4) is 0 Å². The third-order valence-electron chi connectivity index (χ3n) is 6.53. The number of methoxy groups -OCH3 is 1. The van der Waals surface area contributed by atoms with E-state index < -0.39 is 16.8 Å². The van der Waals surface area contributed by atoms with Gasteiger partial charge in [-0.1, -0.05) is 24.3 Å². The van der Waals surface area contributed by atoms with E-state index in [0.717, 1.165) is 16.9 Å². The molecule has 1 aliphatic heterocycles. The summed E-state index contributed by atoms with van der Waals surface area (Å²) in [7, 11) is 5.24. The number of anilines is 1. The van der Waals surface area contributed by atoms with Crippen molar-refractivity contribution >= 4 is 23.1 Å². The normalized spacial score (nSPS) is 19.9. The monoisotopic (exact) mass is 461 g/mol. The largest absolute Gasteiger partial charge is 0.466 e. The Morgan fingerprint density at radius 3 is 2.44 bits per heavy atom. The molecule has 0 fully saturated rings. The molecule has 2 aromatic rings. The quantitative estimate of drug-likeness (QED) is 0.405. The number of Topliss-reactive ketones (excluding diaryl/α,β-unsaturated/α-hetero) is 1. The predicted octanol–water partition coefficient (Wildman–Crippen LogP) is 4.20. The van der Waals surface area contributed by atoms with Gasteiger partial charge in [0.05, 0.1) is 17.6 Å². The molecule has 0 saturated carbocycles. The fraction of sp³-hybridized carbons (Fsp3) is 0.308. The molecule has 0 bridgehead atoms. The molecule has 176 valence electrons. The van der Waals surface area contributed by atoms with E-state index in [1.165, 1.54) is 19.2 Å². The molecule has 0 unspecified atom stereocenters. The molecule has 0 aromatic heterocycles. The number of benzene rings is 2. The SMILES string of the molecule is COC(=O)C1=C(C)NC2=C(C(=O)C[C@@H](c3ccc(N(C)C)cc3)C2)[C@@H]1c1cccc([N+](=O)[O-])c1. The maximum atomic E-state index is 13.5. The maximum Gasteiger partial charge on any atom is 0.336 e. The lowest BCUT2D eigenvalue weighted by molar-refractivity contribution is -0.384. The van der Waals surface area contributed by atoms with Crippen LogP contribution in [0.4, 0.5) is 11.4 Å². The number of ether oxygens (including phenoxy) is 1. The number of rotatable bonds is 5. The van der Waals surface area contributed by atoms with Gasteiger partial charge in [0.25, 0.3) is 5.69 Å². The van der Waals surface area contributed by atoms with Crippen LogP contribution in [-0.2, 0) is 14.3 Å². The van der Waals surface area contributed by atoms with E-state index in [0.29, 0.717) is 35.2 Å². The third-order valence-corrected chi connectivity index (χ3v) is 6.53. The Bertz CT molecular complexity index is 1230. The highest BCUT2D eigenvalue weighted by Crippen LogP contribution is 2.46. The topological polar surface area (TPSA) is 102 Å². The highest BCUT2D eigenvalue weighted by molar-refractivity contribution is 6.04. The minimum absolute atomic E-state index is 0.00630. The van der Waals surface area contributed by atoms with Crippen LogP contribution in [0.2, 0.25) is 0 Å². The molecule has 1 N–H and O–H groups in total. The van der Waals surface area contributed by atoms with Crippen molar-refractivity contribution in [2.75, 3.05) is 26.1 Å². The molecule has 2 aromatic carbocycles. The van der Waals surface area contributed by atoms with Gasteiger partial charge in [-0.25, -0.2) is 4.79 Å². The van der Waals surface area contributed by atoms with E-state index in [2.05, 4.69) is 5.32 Å². The van der Waals surface area contributed by atoms with Crippen molar-refractivity contribution < 1.29 is 19.2 Å². The van der Waals surface area contributed by atoms with Crippen molar-refractivity contribution in [1.29, 1.82) is 0 Å². The first-order valence-electron chi connectivity index (χ1n) is 11.0. The van der Waals surface area contributed by atoms with Crippen LogP contribution in [0.1, 0.15) is 42.7 Å². The van der Waals surface area contributed by atoms with E-state index in [-0.39, 0.29) is 17.4 Å². The smallest absolute Gasteiger partial charge is 0.336 e. The van der Waals surface area contributed by atoms with Crippen LogP contribution < -0.4 is 10.2 Å². The van der Waals surface area contributed by atoms with Gasteiger partial charge in [-0.2, -0.15) is 0 Å². The van der Waals surface area contributed by atoms with Gasteiger partial charge in [0.2, 0.25) is 0 Å². The first-order chi connectivity index (χ1) is 16.2. The number of nitrogens with zero attached hydrogens (tertiary/aromatic N) is 2. The van der Waals surface area contributed by atoms with Crippen LogP contribution in [0.25, 0.3) is 0 Å². The molecule has 4 rings (SSSR count). The van der Waals surface area contributed by atoms with Crippen molar-refractivity contribution in [1.82, 2.24) is 5.32 Å². The van der Waals surface area contributed by atoms with Gasteiger partial charge >= 0.3 is 5.97 Å². The Labute approximate surface area is 198 Å². The van der Waals surface area contributed by atoms with Crippen molar-refractivity contribution in [3.05, 3.63) is 92.3 Å². The van der Waals surface area contributed by atoms with E-state index in [4.69, 9.17) is 4.74 Å². The Kier molecular flexibility index (Phi) is 6.24. The molecule has 2 atom stereocenters. The first-order valence-corrected chi connectivity index (χ1v) is 11.0. The van der Waals surface area contributed by atoms with Crippen LogP contribution in [0.3, 0.4) is 0 Å². The number of nitrogens with one attached hydrogen (secondary N) is 1. The summed E-state index contributed by atoms with van der Waals surface area (Å²) in [5.74, 6) is -1.38. The zero-order valence-electron chi connectivity index (χ0n) is 19.6. The predicted molar refractivity (Wildman–Crippen MR) is 128 cm³/mol. The average Bonchev–Trinajstić information content (AvgIpc) is 2.82. The molecule has 1 aliphatic carbocycles. The Morgan fingerprint density at radius 2 is 1.82 bits per heavy atom. The summed E-state index contributed by atoms with van der Waals surface area (Å²) in [4.78, 5) is 39.2. The van der Waals surface area contributed by atoms with Gasteiger partial charge in [-0.15, -0.1) is 0 Å². The molecular formula is C26H27N3O5. The minimum atomic E-state index is -0.729. The van der Waals surface area contributed by atoms with Gasteiger partial charge in [0, 0.05) is 61.2 Å². The van der Waals surface area contributed by atoms with Crippen molar-refractivity contribution in [2.24, 2.45) is 0 Å². The van der Waals surface area contributed by atoms with Crippen LogP contribution in [-0.4, -0.2) is 37.9 Å². The average molecular weight is 462 g/mol. The zero-order chi connectivity index (χ0) is 24.6. The summed E-state index contributed by atoms with van der Waals surface area (Å²) >= 11 is 0. The summed E-state index contributed by atoms with van der Waals surface area (Å²) in [6.07, 6.45) is 0.889. The standard InChI is InChI=1S/C26H27N3O5/c1-15-23(26(31)34-4)24(17-6-5-7-20(12-17)29(32)33)25-21(27-15)13-18(14-22(25)30)16-8-10-19(11-9-16)28(2)3/h5-12,18,24,27H,13-14H2,1-4H3/t18-,24+/m0/s1. The number of hydrogen-bond donors (Lipinski definition) is 1. The lowest BCUT2D eigenvalue weighted by Gasteiger charge is -2.36. The third kappa shape index (κ3) is 4.19. The molecule has 8 heteroatoms. The summed E-state index contributed by atoms with van der Waals surface area (Å²) in [6.45, 7) is 1.76. The Balaban J connectivity index is 1.78. The van der Waals surface area contributed by atoms with E-state index in [1.807, 2.05) is 43.3 Å². The van der Waals surface area contributed by atoms with Crippen molar-refractivity contribution in [2.45, 2.75) is 31.6 Å². The second-order valence-corrected chi connectivity index (χ2v) is 8.85. The van der Waals surface area contributed by atoms with E-state index in [1.54, 1.807) is 19.1 Å². The lowest BCUT2D eigenvalue weighted by atomic mass is 9.71. The van der Waals surface area contributed by atoms with Crippen LogP contribution in [0.5, 0.6) is 0 Å². The van der Waals surface area contributed by atoms with E-state index >= 15 is 0 Å². The van der Waals surface area contributed by atoms with Gasteiger partial charge < -0.3 is 15.0 Å². The molecule has 34 heavy (non-hydrogen) atoms. The number of carbonyl (C=O) groups excluding carboxylic acids is 2. The molecule has 1 heterocycles. The van der Waals surface area contributed by atoms with Gasteiger partial charge in [-0.05, 0) is 42.5 Å². The number of allylic oxidation sites excluding steroid dienone is 3. The molecule has 0 saturated heterocycles. The lowest BCUT2D eigenvalue weighted by Crippen LogP contribution is -2.36. The number of esters is 1. The Morgan fingerprint density at radius 1 is 1.12 bits per heavy atom. The van der Waals surface area contributed by atoms with Gasteiger partial charge in [0.15, 0.2) is 5.78 Å². The second kappa shape index (κ2) is 9.13. The summed E-state index contributed by atoms with van der Waals surface area (Å²) in [6, 6.07) is 14.3.